The smallest absolute Gasteiger partial charge is 0.237 e. The van der Waals surface area contributed by atoms with Crippen molar-refractivity contribution in [2.45, 2.75) is 69.6 Å². The van der Waals surface area contributed by atoms with Crippen LogP contribution in [-0.2, 0) is 4.79 Å². The van der Waals surface area contributed by atoms with Crippen LogP contribution in [0.25, 0.3) is 0 Å². The highest BCUT2D eigenvalue weighted by Gasteiger charge is 2.42. The molecule has 5 heteroatoms. The van der Waals surface area contributed by atoms with E-state index >= 15 is 0 Å². The molecule has 0 unspecified atom stereocenters. The standard InChI is InChI=1S/C24H37N3O2/c1-25-24(28)23-16-22(29-21-10-6-3-7-11-21)18-27(23)20-12-14-26(15-13-20)17-19-8-4-2-5-9-19/h3,6-7,10-11,19-20,22-23H,2,4-5,8-9,12-18H2,1H3,(H,25,28)/t22-,23-/m0/s1. The van der Waals surface area contributed by atoms with E-state index in [2.05, 4.69) is 15.1 Å². The van der Waals surface area contributed by atoms with Crippen LogP contribution in [-0.4, -0.2) is 67.1 Å². The molecule has 2 saturated heterocycles. The molecule has 1 amide bonds. The number of para-hydroxylation sites is 1. The van der Waals surface area contributed by atoms with Crippen molar-refractivity contribution in [3.63, 3.8) is 0 Å². The number of amides is 1. The monoisotopic (exact) mass is 399 g/mol. The topological polar surface area (TPSA) is 44.8 Å². The van der Waals surface area contributed by atoms with Crippen LogP contribution in [0.5, 0.6) is 5.75 Å². The summed E-state index contributed by atoms with van der Waals surface area (Å²) >= 11 is 0. The first-order valence-corrected chi connectivity index (χ1v) is 11.6. The molecule has 0 bridgehead atoms. The molecule has 2 aliphatic heterocycles. The van der Waals surface area contributed by atoms with Crippen LogP contribution in [0, 0.1) is 5.92 Å². The molecule has 3 aliphatic rings. The van der Waals surface area contributed by atoms with Crippen molar-refractivity contribution in [1.29, 1.82) is 0 Å². The lowest BCUT2D eigenvalue weighted by Gasteiger charge is -2.40. The Morgan fingerprint density at radius 3 is 2.48 bits per heavy atom. The number of likely N-dealkylation sites (tertiary alicyclic amines) is 2. The lowest BCUT2D eigenvalue weighted by atomic mass is 9.88. The summed E-state index contributed by atoms with van der Waals surface area (Å²) in [6.07, 6.45) is 10.3. The SMILES string of the molecule is CNC(=O)[C@@H]1C[C@H](Oc2ccccc2)CN1C1CCN(CC2CCCCC2)CC1. The molecule has 3 fully saturated rings. The molecular weight excluding hydrogens is 362 g/mol. The van der Waals surface area contributed by atoms with E-state index in [1.807, 2.05) is 30.3 Å². The summed E-state index contributed by atoms with van der Waals surface area (Å²) < 4.78 is 6.21. The fraction of sp³-hybridized carbons (Fsp3) is 0.708. The Hall–Kier alpha value is -1.59. The summed E-state index contributed by atoms with van der Waals surface area (Å²) in [6, 6.07) is 10.4. The predicted molar refractivity (Wildman–Crippen MR) is 116 cm³/mol. The van der Waals surface area contributed by atoms with E-state index in [0.29, 0.717) is 6.04 Å². The van der Waals surface area contributed by atoms with E-state index in [1.54, 1.807) is 7.05 Å². The number of carbonyl (C=O) groups is 1. The molecule has 1 N–H and O–H groups in total. The molecular formula is C24H37N3O2. The van der Waals surface area contributed by atoms with Crippen LogP contribution in [0.2, 0.25) is 0 Å². The van der Waals surface area contributed by atoms with Crippen LogP contribution in [0.4, 0.5) is 0 Å². The molecule has 0 aromatic heterocycles. The zero-order valence-corrected chi connectivity index (χ0v) is 17.9. The van der Waals surface area contributed by atoms with Gasteiger partial charge in [0, 0.05) is 32.6 Å². The fourth-order valence-electron chi connectivity index (χ4n) is 5.59. The molecule has 5 nitrogen and oxygen atoms in total. The summed E-state index contributed by atoms with van der Waals surface area (Å²) in [4.78, 5) is 17.7. The summed E-state index contributed by atoms with van der Waals surface area (Å²) in [5.74, 6) is 1.94. The van der Waals surface area contributed by atoms with Gasteiger partial charge in [-0.3, -0.25) is 9.69 Å². The Labute approximate surface area is 175 Å². The number of carbonyl (C=O) groups excluding carboxylic acids is 1. The fourth-order valence-corrected chi connectivity index (χ4v) is 5.59. The number of nitrogens with one attached hydrogen (secondary N) is 1. The Morgan fingerprint density at radius 2 is 1.79 bits per heavy atom. The molecule has 1 aromatic carbocycles. The highest BCUT2D eigenvalue weighted by Crippen LogP contribution is 2.30. The average molecular weight is 400 g/mol. The van der Waals surface area contributed by atoms with Crippen LogP contribution in [0.1, 0.15) is 51.4 Å². The van der Waals surface area contributed by atoms with Crippen molar-refractivity contribution in [2.24, 2.45) is 5.92 Å². The van der Waals surface area contributed by atoms with Crippen LogP contribution in [0.15, 0.2) is 30.3 Å². The Bertz CT molecular complexity index is 639. The first-order chi connectivity index (χ1) is 14.2. The highest BCUT2D eigenvalue weighted by molar-refractivity contribution is 5.81. The maximum Gasteiger partial charge on any atom is 0.237 e. The van der Waals surface area contributed by atoms with Gasteiger partial charge in [0.1, 0.15) is 11.9 Å². The molecule has 1 aliphatic carbocycles. The van der Waals surface area contributed by atoms with Gasteiger partial charge in [-0.2, -0.15) is 0 Å². The second kappa shape index (κ2) is 9.94. The summed E-state index contributed by atoms with van der Waals surface area (Å²) in [7, 11) is 1.75. The number of hydrogen-bond donors (Lipinski definition) is 1. The van der Waals surface area contributed by atoms with Crippen LogP contribution >= 0.6 is 0 Å². The third-order valence-electron chi connectivity index (χ3n) is 7.16. The minimum atomic E-state index is -0.0661. The molecule has 0 radical (unpaired) electrons. The summed E-state index contributed by atoms with van der Waals surface area (Å²) in [5.41, 5.74) is 0. The van der Waals surface area contributed by atoms with E-state index in [-0.39, 0.29) is 18.1 Å². The molecule has 2 heterocycles. The number of likely N-dealkylation sites (N-methyl/N-ethyl adjacent to an activating group) is 1. The van der Waals surface area contributed by atoms with E-state index in [0.717, 1.165) is 37.5 Å². The first kappa shape index (κ1) is 20.7. The van der Waals surface area contributed by atoms with Gasteiger partial charge in [0.05, 0.1) is 6.04 Å². The Kier molecular flexibility index (Phi) is 7.09. The van der Waals surface area contributed by atoms with Gasteiger partial charge in [-0.1, -0.05) is 37.5 Å². The van der Waals surface area contributed by atoms with E-state index in [9.17, 15) is 4.79 Å². The minimum Gasteiger partial charge on any atom is -0.489 e. The van der Waals surface area contributed by atoms with Gasteiger partial charge in [-0.05, 0) is 56.8 Å². The first-order valence-electron chi connectivity index (χ1n) is 11.6. The zero-order valence-electron chi connectivity index (χ0n) is 17.9. The molecule has 4 rings (SSSR count). The minimum absolute atomic E-state index is 0.0661. The van der Waals surface area contributed by atoms with Gasteiger partial charge in [0.15, 0.2) is 0 Å². The van der Waals surface area contributed by atoms with Crippen molar-refractivity contribution in [3.05, 3.63) is 30.3 Å². The molecule has 0 spiro atoms. The number of rotatable bonds is 6. The van der Waals surface area contributed by atoms with E-state index in [1.165, 1.54) is 51.7 Å². The van der Waals surface area contributed by atoms with Crippen molar-refractivity contribution in [3.8, 4) is 5.75 Å². The van der Waals surface area contributed by atoms with Crippen LogP contribution < -0.4 is 10.1 Å². The molecule has 2 atom stereocenters. The number of benzene rings is 1. The summed E-state index contributed by atoms with van der Waals surface area (Å²) in [6.45, 7) is 4.47. The van der Waals surface area contributed by atoms with Crippen LogP contribution in [0.3, 0.4) is 0 Å². The number of nitrogens with zero attached hydrogens (tertiary/aromatic N) is 2. The summed E-state index contributed by atoms with van der Waals surface area (Å²) in [5, 5.41) is 2.88. The Balaban J connectivity index is 1.32. The van der Waals surface area contributed by atoms with Crippen molar-refractivity contribution >= 4 is 5.91 Å². The Morgan fingerprint density at radius 1 is 1.07 bits per heavy atom. The van der Waals surface area contributed by atoms with Gasteiger partial charge in [0.2, 0.25) is 5.91 Å². The van der Waals surface area contributed by atoms with Gasteiger partial charge < -0.3 is 15.0 Å². The largest absolute Gasteiger partial charge is 0.489 e. The molecule has 160 valence electrons. The third-order valence-corrected chi connectivity index (χ3v) is 7.16. The van der Waals surface area contributed by atoms with Gasteiger partial charge in [-0.25, -0.2) is 0 Å². The lowest BCUT2D eigenvalue weighted by molar-refractivity contribution is -0.126. The van der Waals surface area contributed by atoms with Crippen molar-refractivity contribution < 1.29 is 9.53 Å². The third kappa shape index (κ3) is 5.32. The second-order valence-electron chi connectivity index (χ2n) is 9.15. The maximum absolute atomic E-state index is 12.6. The normalized spacial score (nSPS) is 27.8. The molecule has 29 heavy (non-hydrogen) atoms. The van der Waals surface area contributed by atoms with Gasteiger partial charge >= 0.3 is 0 Å². The van der Waals surface area contributed by atoms with Gasteiger partial charge in [0.25, 0.3) is 0 Å². The van der Waals surface area contributed by atoms with Gasteiger partial charge in [-0.15, -0.1) is 0 Å². The molecule has 1 aromatic rings. The predicted octanol–water partition coefficient (Wildman–Crippen LogP) is 3.30. The van der Waals surface area contributed by atoms with Crippen molar-refractivity contribution in [2.75, 3.05) is 33.2 Å². The zero-order chi connectivity index (χ0) is 20.1. The number of hydrogen-bond acceptors (Lipinski definition) is 4. The number of ether oxygens (including phenoxy) is 1. The van der Waals surface area contributed by atoms with E-state index < -0.39 is 0 Å². The highest BCUT2D eigenvalue weighted by atomic mass is 16.5. The van der Waals surface area contributed by atoms with E-state index in [4.69, 9.17) is 4.74 Å². The maximum atomic E-state index is 12.6. The average Bonchev–Trinajstić information content (AvgIpc) is 3.19. The lowest BCUT2D eigenvalue weighted by Crippen LogP contribution is -2.51. The number of piperidine rings is 1. The quantitative estimate of drug-likeness (QED) is 0.797. The molecule has 1 saturated carbocycles. The van der Waals surface area contributed by atoms with Crippen molar-refractivity contribution in [1.82, 2.24) is 15.1 Å². The second-order valence-corrected chi connectivity index (χ2v) is 9.15.